The number of rotatable bonds is 8. The molecule has 0 saturated carbocycles. The molecule has 0 amide bonds. The van der Waals surface area contributed by atoms with Gasteiger partial charge in [-0.15, -0.1) is 0 Å². The minimum absolute atomic E-state index is 0.128. The quantitative estimate of drug-likeness (QED) is 0.794. The summed E-state index contributed by atoms with van der Waals surface area (Å²) in [6.45, 7) is 9.88. The van der Waals surface area contributed by atoms with E-state index in [1.54, 1.807) is 18.4 Å². The van der Waals surface area contributed by atoms with Crippen molar-refractivity contribution in [1.82, 2.24) is 9.62 Å². The summed E-state index contributed by atoms with van der Waals surface area (Å²) in [7, 11) is -3.55. The molecule has 1 atom stereocenters. The van der Waals surface area contributed by atoms with Gasteiger partial charge in [-0.1, -0.05) is 19.9 Å². The maximum Gasteiger partial charge on any atom is 0.240 e. The van der Waals surface area contributed by atoms with Gasteiger partial charge in [0.2, 0.25) is 10.0 Å². The van der Waals surface area contributed by atoms with E-state index >= 15 is 0 Å². The SMILES string of the molecule is CCN(CC)C(CNS(=O)(=O)c1ccc(C)c(C)c1)c1ccco1. The fourth-order valence-corrected chi connectivity index (χ4v) is 3.83. The number of aryl methyl sites for hydroxylation is 2. The van der Waals surface area contributed by atoms with Crippen LogP contribution in [0.4, 0.5) is 0 Å². The van der Waals surface area contributed by atoms with Crippen LogP contribution in [0.3, 0.4) is 0 Å². The Hall–Kier alpha value is -1.63. The highest BCUT2D eigenvalue weighted by molar-refractivity contribution is 7.89. The topological polar surface area (TPSA) is 62.6 Å². The molecule has 132 valence electrons. The number of nitrogens with zero attached hydrogens (tertiary/aromatic N) is 1. The molecule has 0 aliphatic carbocycles. The van der Waals surface area contributed by atoms with Crippen molar-refractivity contribution in [2.75, 3.05) is 19.6 Å². The summed E-state index contributed by atoms with van der Waals surface area (Å²) in [5.41, 5.74) is 2.04. The summed E-state index contributed by atoms with van der Waals surface area (Å²) in [6.07, 6.45) is 1.61. The third-order valence-electron chi connectivity index (χ3n) is 4.38. The van der Waals surface area contributed by atoms with E-state index in [4.69, 9.17) is 4.42 Å². The number of benzene rings is 1. The van der Waals surface area contributed by atoms with E-state index in [2.05, 4.69) is 23.5 Å². The molecule has 24 heavy (non-hydrogen) atoms. The first-order valence-corrected chi connectivity index (χ1v) is 9.71. The molecule has 2 rings (SSSR count). The smallest absolute Gasteiger partial charge is 0.240 e. The molecule has 1 aromatic carbocycles. The molecule has 2 aromatic rings. The Morgan fingerprint density at radius 3 is 2.38 bits per heavy atom. The largest absolute Gasteiger partial charge is 0.468 e. The van der Waals surface area contributed by atoms with E-state index in [0.717, 1.165) is 30.0 Å². The number of likely N-dealkylation sites (N-methyl/N-ethyl adjacent to an activating group) is 1. The zero-order valence-corrected chi connectivity index (χ0v) is 15.6. The molecule has 1 unspecified atom stereocenters. The Morgan fingerprint density at radius 2 is 1.83 bits per heavy atom. The van der Waals surface area contributed by atoms with E-state index in [1.165, 1.54) is 0 Å². The number of nitrogens with one attached hydrogen (secondary N) is 1. The van der Waals surface area contributed by atoms with Crippen molar-refractivity contribution in [2.45, 2.75) is 38.6 Å². The van der Waals surface area contributed by atoms with Crippen molar-refractivity contribution >= 4 is 10.0 Å². The zero-order chi connectivity index (χ0) is 17.7. The van der Waals surface area contributed by atoms with Gasteiger partial charge >= 0.3 is 0 Å². The molecule has 5 nitrogen and oxygen atoms in total. The third-order valence-corrected chi connectivity index (χ3v) is 5.80. The molecule has 0 spiro atoms. The van der Waals surface area contributed by atoms with E-state index in [0.29, 0.717) is 4.90 Å². The molecule has 1 heterocycles. The predicted molar refractivity (Wildman–Crippen MR) is 95.5 cm³/mol. The standard InChI is InChI=1S/C18H26N2O3S/c1-5-20(6-2)17(18-8-7-11-23-18)13-19-24(21,22)16-10-9-14(3)15(4)12-16/h7-12,17,19H,5-6,13H2,1-4H3. The highest BCUT2D eigenvalue weighted by Crippen LogP contribution is 2.21. The van der Waals surface area contributed by atoms with Crippen LogP contribution in [-0.4, -0.2) is 33.0 Å². The second kappa shape index (κ2) is 7.96. The molecule has 0 saturated heterocycles. The lowest BCUT2D eigenvalue weighted by Crippen LogP contribution is -2.37. The van der Waals surface area contributed by atoms with Gasteiger partial charge in [0, 0.05) is 6.54 Å². The zero-order valence-electron chi connectivity index (χ0n) is 14.7. The Balaban J connectivity index is 2.19. The highest BCUT2D eigenvalue weighted by Gasteiger charge is 2.24. The molecule has 0 radical (unpaired) electrons. The maximum absolute atomic E-state index is 12.6. The van der Waals surface area contributed by atoms with Gasteiger partial charge < -0.3 is 4.42 Å². The van der Waals surface area contributed by atoms with Gasteiger partial charge in [0.1, 0.15) is 5.76 Å². The Bertz CT molecular complexity index is 751. The molecule has 0 aliphatic rings. The molecule has 0 aliphatic heterocycles. The van der Waals surface area contributed by atoms with Crippen LogP contribution in [0.5, 0.6) is 0 Å². The van der Waals surface area contributed by atoms with Gasteiger partial charge in [-0.2, -0.15) is 0 Å². The summed E-state index contributed by atoms with van der Waals surface area (Å²) in [4.78, 5) is 2.46. The number of hydrogen-bond acceptors (Lipinski definition) is 4. The second-order valence-corrected chi connectivity index (χ2v) is 7.62. The Morgan fingerprint density at radius 1 is 1.12 bits per heavy atom. The normalized spacial score (nSPS) is 13.4. The number of sulfonamides is 1. The van der Waals surface area contributed by atoms with Crippen molar-refractivity contribution in [1.29, 1.82) is 0 Å². The van der Waals surface area contributed by atoms with Crippen LogP contribution in [0.2, 0.25) is 0 Å². The van der Waals surface area contributed by atoms with Crippen molar-refractivity contribution in [3.63, 3.8) is 0 Å². The molecule has 0 fully saturated rings. The van der Waals surface area contributed by atoms with Gasteiger partial charge in [-0.05, 0) is 62.3 Å². The average molecular weight is 350 g/mol. The fraction of sp³-hybridized carbons (Fsp3) is 0.444. The Labute approximate surface area is 144 Å². The van der Waals surface area contributed by atoms with Crippen LogP contribution >= 0.6 is 0 Å². The van der Waals surface area contributed by atoms with Gasteiger partial charge in [0.05, 0.1) is 17.2 Å². The number of furan rings is 1. The summed E-state index contributed by atoms with van der Waals surface area (Å²) < 4.78 is 33.5. The van der Waals surface area contributed by atoms with Crippen LogP contribution < -0.4 is 4.72 Å². The third kappa shape index (κ3) is 4.26. The summed E-state index contributed by atoms with van der Waals surface area (Å²) in [5.74, 6) is 0.765. The van der Waals surface area contributed by atoms with Crippen molar-refractivity contribution in [3.05, 3.63) is 53.5 Å². The monoisotopic (exact) mass is 350 g/mol. The van der Waals surface area contributed by atoms with Gasteiger partial charge in [0.25, 0.3) is 0 Å². The molecule has 1 aromatic heterocycles. The lowest BCUT2D eigenvalue weighted by molar-refractivity contribution is 0.194. The lowest BCUT2D eigenvalue weighted by Gasteiger charge is -2.28. The Kier molecular flexibility index (Phi) is 6.21. The molecule has 6 heteroatoms. The molecular formula is C18H26N2O3S. The fourth-order valence-electron chi connectivity index (χ4n) is 2.71. The summed E-state index contributed by atoms with van der Waals surface area (Å²) >= 11 is 0. The van der Waals surface area contributed by atoms with Crippen LogP contribution in [0.15, 0.2) is 45.9 Å². The maximum atomic E-state index is 12.6. The van der Waals surface area contributed by atoms with Crippen molar-refractivity contribution in [2.24, 2.45) is 0 Å². The molecular weight excluding hydrogens is 324 g/mol. The highest BCUT2D eigenvalue weighted by atomic mass is 32.2. The van der Waals surface area contributed by atoms with E-state index < -0.39 is 10.0 Å². The van der Waals surface area contributed by atoms with Gasteiger partial charge in [0.15, 0.2) is 0 Å². The summed E-state index contributed by atoms with van der Waals surface area (Å²) in [6, 6.07) is 8.76. The van der Waals surface area contributed by atoms with Crippen LogP contribution in [0.1, 0.15) is 36.8 Å². The first-order chi connectivity index (χ1) is 11.4. The van der Waals surface area contributed by atoms with Gasteiger partial charge in [-0.3, -0.25) is 4.90 Å². The van der Waals surface area contributed by atoms with Crippen LogP contribution in [0, 0.1) is 13.8 Å². The minimum atomic E-state index is -3.55. The minimum Gasteiger partial charge on any atom is -0.468 e. The van der Waals surface area contributed by atoms with E-state index in [9.17, 15) is 8.42 Å². The lowest BCUT2D eigenvalue weighted by atomic mass is 10.1. The number of hydrogen-bond donors (Lipinski definition) is 1. The van der Waals surface area contributed by atoms with E-state index in [1.807, 2.05) is 32.0 Å². The molecule has 0 bridgehead atoms. The molecule has 1 N–H and O–H groups in total. The van der Waals surface area contributed by atoms with E-state index in [-0.39, 0.29) is 12.6 Å². The second-order valence-electron chi connectivity index (χ2n) is 5.85. The summed E-state index contributed by atoms with van der Waals surface area (Å²) in [5, 5.41) is 0. The van der Waals surface area contributed by atoms with Crippen LogP contribution in [0.25, 0.3) is 0 Å². The van der Waals surface area contributed by atoms with Crippen LogP contribution in [-0.2, 0) is 10.0 Å². The van der Waals surface area contributed by atoms with Gasteiger partial charge in [-0.25, -0.2) is 13.1 Å². The first-order valence-electron chi connectivity index (χ1n) is 8.23. The first kappa shape index (κ1) is 18.7. The van der Waals surface area contributed by atoms with Crippen molar-refractivity contribution in [3.8, 4) is 0 Å². The predicted octanol–water partition coefficient (Wildman–Crippen LogP) is 3.26. The average Bonchev–Trinajstić information content (AvgIpc) is 3.08. The van der Waals surface area contributed by atoms with Crippen molar-refractivity contribution < 1.29 is 12.8 Å².